The zero-order valence-electron chi connectivity index (χ0n) is 13.9. The molecule has 6 nitrogen and oxygen atoms in total. The van der Waals surface area contributed by atoms with Gasteiger partial charge in [-0.3, -0.25) is 0 Å². The fourth-order valence-electron chi connectivity index (χ4n) is 3.23. The highest BCUT2D eigenvalue weighted by atomic mass is 32.2. The lowest BCUT2D eigenvalue weighted by Crippen LogP contribution is -2.39. The van der Waals surface area contributed by atoms with Gasteiger partial charge >= 0.3 is 0 Å². The van der Waals surface area contributed by atoms with Crippen molar-refractivity contribution in [3.05, 3.63) is 29.3 Å². The molecule has 0 unspecified atom stereocenters. The number of hydrogen-bond acceptors (Lipinski definition) is 4. The van der Waals surface area contributed by atoms with Gasteiger partial charge in [0.15, 0.2) is 0 Å². The molecule has 0 bridgehead atoms. The smallest absolute Gasteiger partial charge is 0.212 e. The molecule has 2 aliphatic rings. The molecule has 0 aliphatic heterocycles. The minimum atomic E-state index is -3.61. The Labute approximate surface area is 144 Å². The molecular formula is C16H24N2O4S2. The Hall–Kier alpha value is -0.960. The molecule has 0 saturated heterocycles. The van der Waals surface area contributed by atoms with E-state index >= 15 is 0 Å². The predicted octanol–water partition coefficient (Wildman–Crippen LogP) is 1.27. The van der Waals surface area contributed by atoms with Crippen LogP contribution in [0.1, 0.15) is 36.8 Å². The summed E-state index contributed by atoms with van der Waals surface area (Å²) < 4.78 is 52.3. The van der Waals surface area contributed by atoms with Crippen LogP contribution in [0.5, 0.6) is 0 Å². The summed E-state index contributed by atoms with van der Waals surface area (Å²) in [6.45, 7) is 0.261. The summed E-state index contributed by atoms with van der Waals surface area (Å²) in [6, 6.07) is 5.33. The molecule has 24 heavy (non-hydrogen) atoms. The van der Waals surface area contributed by atoms with E-state index in [0.717, 1.165) is 44.1 Å². The molecular weight excluding hydrogens is 348 g/mol. The first-order chi connectivity index (χ1) is 11.3. The first kappa shape index (κ1) is 17.8. The number of nitrogens with zero attached hydrogens (tertiary/aromatic N) is 1. The van der Waals surface area contributed by atoms with Crippen molar-refractivity contribution in [1.29, 1.82) is 0 Å². The average molecular weight is 373 g/mol. The number of rotatable bonds is 7. The van der Waals surface area contributed by atoms with Crippen molar-refractivity contribution in [2.24, 2.45) is 0 Å². The summed E-state index contributed by atoms with van der Waals surface area (Å²) in [4.78, 5) is 0.264. The van der Waals surface area contributed by atoms with Gasteiger partial charge in [-0.05, 0) is 61.8 Å². The molecule has 1 fully saturated rings. The van der Waals surface area contributed by atoms with Gasteiger partial charge in [-0.1, -0.05) is 6.07 Å². The topological polar surface area (TPSA) is 83.6 Å². The van der Waals surface area contributed by atoms with Gasteiger partial charge in [0, 0.05) is 19.1 Å². The Morgan fingerprint density at radius 3 is 2.38 bits per heavy atom. The van der Waals surface area contributed by atoms with Crippen molar-refractivity contribution < 1.29 is 16.8 Å². The van der Waals surface area contributed by atoms with E-state index in [1.54, 1.807) is 12.1 Å². The van der Waals surface area contributed by atoms with Crippen LogP contribution in [0.2, 0.25) is 0 Å². The normalized spacial score (nSPS) is 18.6. The van der Waals surface area contributed by atoms with E-state index in [1.807, 2.05) is 6.07 Å². The Morgan fingerprint density at radius 1 is 1.08 bits per heavy atom. The van der Waals surface area contributed by atoms with Crippen LogP contribution in [0.3, 0.4) is 0 Å². The van der Waals surface area contributed by atoms with E-state index in [-0.39, 0.29) is 24.0 Å². The highest BCUT2D eigenvalue weighted by Gasteiger charge is 2.34. The third-order valence-corrected chi connectivity index (χ3v) is 7.43. The second-order valence-electron chi connectivity index (χ2n) is 6.64. The van der Waals surface area contributed by atoms with Crippen molar-refractivity contribution in [2.45, 2.75) is 49.5 Å². The minimum Gasteiger partial charge on any atom is -0.212 e. The summed E-state index contributed by atoms with van der Waals surface area (Å²) in [5, 5.41) is 0. The molecule has 1 aromatic rings. The standard InChI is InChI=1S/C16H24N2O4S2/c1-23(19,20)18(15-7-8-15)11-10-17-24(21,22)16-9-6-13-4-2-3-5-14(13)12-16/h6,9,12,15,17H,2-5,7-8,10-11H2,1H3. The van der Waals surface area contributed by atoms with Crippen LogP contribution in [0, 0.1) is 0 Å². The number of benzene rings is 1. The third kappa shape index (κ3) is 4.17. The summed E-state index contributed by atoms with van der Waals surface area (Å²) in [6.07, 6.45) is 7.04. The van der Waals surface area contributed by atoms with Crippen molar-refractivity contribution in [1.82, 2.24) is 9.03 Å². The number of fused-ring (bicyclic) bond motifs is 1. The lowest BCUT2D eigenvalue weighted by molar-refractivity contribution is 0.410. The van der Waals surface area contributed by atoms with E-state index in [4.69, 9.17) is 0 Å². The Bertz CT molecular complexity index is 814. The van der Waals surface area contributed by atoms with E-state index in [9.17, 15) is 16.8 Å². The van der Waals surface area contributed by atoms with Crippen LogP contribution >= 0.6 is 0 Å². The number of sulfonamides is 2. The maximum Gasteiger partial charge on any atom is 0.240 e. The van der Waals surface area contributed by atoms with E-state index in [2.05, 4.69) is 4.72 Å². The maximum absolute atomic E-state index is 12.5. The summed E-state index contributed by atoms with van der Waals surface area (Å²) in [7, 11) is -6.91. The van der Waals surface area contributed by atoms with E-state index < -0.39 is 20.0 Å². The quantitative estimate of drug-likeness (QED) is 0.781. The third-order valence-electron chi connectivity index (χ3n) is 4.63. The van der Waals surface area contributed by atoms with Crippen molar-refractivity contribution >= 4 is 20.0 Å². The first-order valence-corrected chi connectivity index (χ1v) is 11.7. The summed E-state index contributed by atoms with van der Waals surface area (Å²) >= 11 is 0. The van der Waals surface area contributed by atoms with Gasteiger partial charge in [0.2, 0.25) is 20.0 Å². The van der Waals surface area contributed by atoms with Crippen LogP contribution in [0.4, 0.5) is 0 Å². The molecule has 3 rings (SSSR count). The largest absolute Gasteiger partial charge is 0.240 e. The lowest BCUT2D eigenvalue weighted by Gasteiger charge is -2.20. The van der Waals surface area contributed by atoms with Gasteiger partial charge in [-0.25, -0.2) is 21.6 Å². The van der Waals surface area contributed by atoms with Gasteiger partial charge in [0.1, 0.15) is 0 Å². The Balaban J connectivity index is 1.66. The van der Waals surface area contributed by atoms with Crippen LogP contribution in [0.15, 0.2) is 23.1 Å². The van der Waals surface area contributed by atoms with Gasteiger partial charge in [0.05, 0.1) is 11.2 Å². The maximum atomic E-state index is 12.5. The van der Waals surface area contributed by atoms with Crippen LogP contribution in [0.25, 0.3) is 0 Å². The zero-order chi connectivity index (χ0) is 17.4. The molecule has 0 aromatic heterocycles. The molecule has 0 heterocycles. The fraction of sp³-hybridized carbons (Fsp3) is 0.625. The van der Waals surface area contributed by atoms with Crippen molar-refractivity contribution in [3.8, 4) is 0 Å². The van der Waals surface area contributed by atoms with Gasteiger partial charge in [-0.2, -0.15) is 4.31 Å². The second kappa shape index (κ2) is 6.74. The average Bonchev–Trinajstić information content (AvgIpc) is 3.34. The number of aryl methyl sites for hydroxylation is 2. The molecule has 1 saturated carbocycles. The SMILES string of the molecule is CS(=O)(=O)N(CCNS(=O)(=O)c1ccc2c(c1)CCCC2)C1CC1. The second-order valence-corrected chi connectivity index (χ2v) is 10.3. The first-order valence-electron chi connectivity index (χ1n) is 8.36. The van der Waals surface area contributed by atoms with Crippen LogP contribution in [-0.2, 0) is 32.9 Å². The Morgan fingerprint density at radius 2 is 1.75 bits per heavy atom. The molecule has 134 valence electrons. The molecule has 0 amide bonds. The van der Waals surface area contributed by atoms with Gasteiger partial charge in [-0.15, -0.1) is 0 Å². The van der Waals surface area contributed by atoms with Gasteiger partial charge in [0.25, 0.3) is 0 Å². The highest BCUT2D eigenvalue weighted by Crippen LogP contribution is 2.28. The van der Waals surface area contributed by atoms with Crippen LogP contribution in [-0.4, -0.2) is 46.5 Å². The lowest BCUT2D eigenvalue weighted by atomic mass is 9.92. The molecule has 0 spiro atoms. The summed E-state index contributed by atoms with van der Waals surface area (Å²) in [5.41, 5.74) is 2.34. The fourth-order valence-corrected chi connectivity index (χ4v) is 5.48. The monoisotopic (exact) mass is 372 g/mol. The molecule has 1 N–H and O–H groups in total. The minimum absolute atomic E-state index is 0.0354. The van der Waals surface area contributed by atoms with E-state index in [1.165, 1.54) is 16.1 Å². The molecule has 8 heteroatoms. The molecule has 2 aliphatic carbocycles. The van der Waals surface area contributed by atoms with E-state index in [0.29, 0.717) is 0 Å². The number of nitrogens with one attached hydrogen (secondary N) is 1. The van der Waals surface area contributed by atoms with Crippen LogP contribution < -0.4 is 4.72 Å². The van der Waals surface area contributed by atoms with Crippen molar-refractivity contribution in [2.75, 3.05) is 19.3 Å². The van der Waals surface area contributed by atoms with Crippen molar-refractivity contribution in [3.63, 3.8) is 0 Å². The predicted molar refractivity (Wildman–Crippen MR) is 92.8 cm³/mol. The molecule has 1 aromatic carbocycles. The molecule has 0 atom stereocenters. The Kier molecular flexibility index (Phi) is 5.01. The molecule has 0 radical (unpaired) electrons. The zero-order valence-corrected chi connectivity index (χ0v) is 15.5. The highest BCUT2D eigenvalue weighted by molar-refractivity contribution is 7.89. The number of hydrogen-bond donors (Lipinski definition) is 1. The van der Waals surface area contributed by atoms with Gasteiger partial charge < -0.3 is 0 Å². The summed E-state index contributed by atoms with van der Waals surface area (Å²) in [5.74, 6) is 0.